The van der Waals surface area contributed by atoms with Crippen molar-refractivity contribution in [2.24, 2.45) is 0 Å². The van der Waals surface area contributed by atoms with Crippen LogP contribution in [0.3, 0.4) is 0 Å². The van der Waals surface area contributed by atoms with Crippen molar-refractivity contribution in [1.82, 2.24) is 0 Å². The zero-order chi connectivity index (χ0) is 16.9. The Morgan fingerprint density at radius 2 is 1.40 bits per heavy atom. The van der Waals surface area contributed by atoms with Crippen LogP contribution in [-0.2, 0) is 23.1 Å². The van der Waals surface area contributed by atoms with Crippen molar-refractivity contribution in [3.8, 4) is 0 Å². The molecule has 0 aromatic heterocycles. The highest BCUT2D eigenvalue weighted by Crippen LogP contribution is 2.50. The van der Waals surface area contributed by atoms with Gasteiger partial charge in [-0.2, -0.15) is 0 Å². The molecule has 5 rings (SSSR count). The van der Waals surface area contributed by atoms with E-state index >= 15 is 0 Å². The normalized spacial score (nSPS) is 17.0. The number of amides is 1. The number of carbonyl (C=O) groups is 1. The summed E-state index contributed by atoms with van der Waals surface area (Å²) >= 11 is 0. The average Bonchev–Trinajstić information content (AvgIpc) is 3.25. The van der Waals surface area contributed by atoms with Gasteiger partial charge in [0.1, 0.15) is 5.41 Å². The number of anilines is 1. The SMILES string of the molecule is O=C1Nc2c(ccc3c2CCC3)C1(c1ccccc1)c1ccccc1. The van der Waals surface area contributed by atoms with Crippen molar-refractivity contribution in [2.45, 2.75) is 24.7 Å². The highest BCUT2D eigenvalue weighted by Gasteiger charge is 2.50. The van der Waals surface area contributed by atoms with Gasteiger partial charge < -0.3 is 5.32 Å². The monoisotopic (exact) mass is 325 g/mol. The van der Waals surface area contributed by atoms with Crippen LogP contribution in [0.25, 0.3) is 0 Å². The van der Waals surface area contributed by atoms with E-state index in [1.54, 1.807) is 0 Å². The maximum Gasteiger partial charge on any atom is 0.244 e. The van der Waals surface area contributed by atoms with Crippen LogP contribution >= 0.6 is 0 Å². The second-order valence-corrected chi connectivity index (χ2v) is 6.92. The molecule has 0 spiro atoms. The Morgan fingerprint density at radius 3 is 2.04 bits per heavy atom. The summed E-state index contributed by atoms with van der Waals surface area (Å²) in [5.74, 6) is 0.0557. The largest absolute Gasteiger partial charge is 0.324 e. The molecule has 0 fully saturated rings. The van der Waals surface area contributed by atoms with Crippen LogP contribution in [0.1, 0.15) is 34.2 Å². The number of benzene rings is 3. The Morgan fingerprint density at radius 1 is 0.760 bits per heavy atom. The van der Waals surface area contributed by atoms with Crippen molar-refractivity contribution in [2.75, 3.05) is 5.32 Å². The van der Waals surface area contributed by atoms with Gasteiger partial charge in [0, 0.05) is 11.3 Å². The Kier molecular flexibility index (Phi) is 3.08. The van der Waals surface area contributed by atoms with Crippen molar-refractivity contribution in [3.05, 3.63) is 101 Å². The van der Waals surface area contributed by atoms with Crippen LogP contribution in [0.5, 0.6) is 0 Å². The summed E-state index contributed by atoms with van der Waals surface area (Å²) in [5.41, 5.74) is 6.14. The first-order valence-corrected chi connectivity index (χ1v) is 8.89. The van der Waals surface area contributed by atoms with Gasteiger partial charge in [-0.25, -0.2) is 0 Å². The van der Waals surface area contributed by atoms with Crippen LogP contribution in [0.2, 0.25) is 0 Å². The van der Waals surface area contributed by atoms with E-state index in [1.807, 2.05) is 36.4 Å². The lowest BCUT2D eigenvalue weighted by atomic mass is 9.70. The van der Waals surface area contributed by atoms with Crippen LogP contribution in [-0.4, -0.2) is 5.91 Å². The molecule has 2 nitrogen and oxygen atoms in total. The Labute approximate surface area is 147 Å². The molecule has 1 aliphatic heterocycles. The molecule has 0 bridgehead atoms. The van der Waals surface area contributed by atoms with E-state index in [4.69, 9.17) is 0 Å². The molecule has 0 saturated carbocycles. The molecule has 3 aromatic carbocycles. The van der Waals surface area contributed by atoms with Crippen molar-refractivity contribution >= 4 is 11.6 Å². The summed E-state index contributed by atoms with van der Waals surface area (Å²) in [4.78, 5) is 13.4. The van der Waals surface area contributed by atoms with Gasteiger partial charge in [0.15, 0.2) is 0 Å². The molecule has 0 radical (unpaired) electrons. The van der Waals surface area contributed by atoms with Crippen LogP contribution in [0.15, 0.2) is 72.8 Å². The maximum atomic E-state index is 13.4. The van der Waals surface area contributed by atoms with E-state index in [0.29, 0.717) is 0 Å². The van der Waals surface area contributed by atoms with E-state index in [1.165, 1.54) is 17.5 Å². The Balaban J connectivity index is 1.86. The van der Waals surface area contributed by atoms with Gasteiger partial charge in [-0.3, -0.25) is 4.79 Å². The quantitative estimate of drug-likeness (QED) is 0.740. The smallest absolute Gasteiger partial charge is 0.244 e. The molecule has 1 amide bonds. The van der Waals surface area contributed by atoms with Gasteiger partial charge in [0.25, 0.3) is 0 Å². The third-order valence-electron chi connectivity index (χ3n) is 5.68. The molecular weight excluding hydrogens is 306 g/mol. The highest BCUT2D eigenvalue weighted by molar-refractivity contribution is 6.12. The number of hydrogen-bond acceptors (Lipinski definition) is 1. The molecule has 0 unspecified atom stereocenters. The van der Waals surface area contributed by atoms with E-state index in [-0.39, 0.29) is 5.91 Å². The van der Waals surface area contributed by atoms with Crippen molar-refractivity contribution in [3.63, 3.8) is 0 Å². The molecule has 1 aliphatic carbocycles. The molecule has 2 aliphatic rings. The predicted octanol–water partition coefficient (Wildman–Crippen LogP) is 4.46. The van der Waals surface area contributed by atoms with Crippen LogP contribution in [0.4, 0.5) is 5.69 Å². The minimum atomic E-state index is -0.768. The van der Waals surface area contributed by atoms with Gasteiger partial charge in [-0.15, -0.1) is 0 Å². The molecule has 25 heavy (non-hydrogen) atoms. The number of fused-ring (bicyclic) bond motifs is 3. The van der Waals surface area contributed by atoms with E-state index in [2.05, 4.69) is 41.7 Å². The fraction of sp³-hybridized carbons (Fsp3) is 0.174. The first-order chi connectivity index (χ1) is 12.3. The minimum absolute atomic E-state index is 0.0557. The molecule has 0 atom stereocenters. The number of rotatable bonds is 2. The predicted molar refractivity (Wildman–Crippen MR) is 99.9 cm³/mol. The fourth-order valence-corrected chi connectivity index (χ4v) is 4.57. The summed E-state index contributed by atoms with van der Waals surface area (Å²) in [7, 11) is 0. The molecule has 1 heterocycles. The van der Waals surface area contributed by atoms with E-state index in [9.17, 15) is 4.79 Å². The molecular formula is C23H19NO. The van der Waals surface area contributed by atoms with Crippen molar-refractivity contribution < 1.29 is 4.79 Å². The molecule has 1 N–H and O–H groups in total. The number of aryl methyl sites for hydroxylation is 1. The van der Waals surface area contributed by atoms with Gasteiger partial charge >= 0.3 is 0 Å². The minimum Gasteiger partial charge on any atom is -0.324 e. The average molecular weight is 325 g/mol. The third kappa shape index (κ3) is 1.88. The van der Waals surface area contributed by atoms with Gasteiger partial charge in [-0.1, -0.05) is 72.8 Å². The van der Waals surface area contributed by atoms with Gasteiger partial charge in [0.2, 0.25) is 5.91 Å². The molecule has 0 saturated heterocycles. The summed E-state index contributed by atoms with van der Waals surface area (Å²) in [5, 5.41) is 3.25. The zero-order valence-corrected chi connectivity index (χ0v) is 14.0. The van der Waals surface area contributed by atoms with Crippen LogP contribution in [0, 0.1) is 0 Å². The molecule has 2 heteroatoms. The summed E-state index contributed by atoms with van der Waals surface area (Å²) in [6.45, 7) is 0. The number of hydrogen-bond donors (Lipinski definition) is 1. The third-order valence-corrected chi connectivity index (χ3v) is 5.68. The lowest BCUT2D eigenvalue weighted by Crippen LogP contribution is -2.36. The second-order valence-electron chi connectivity index (χ2n) is 6.92. The lowest BCUT2D eigenvalue weighted by molar-refractivity contribution is -0.118. The van der Waals surface area contributed by atoms with Crippen LogP contribution < -0.4 is 5.32 Å². The Hall–Kier alpha value is -2.87. The summed E-state index contributed by atoms with van der Waals surface area (Å²) in [6.07, 6.45) is 3.34. The fourth-order valence-electron chi connectivity index (χ4n) is 4.57. The zero-order valence-electron chi connectivity index (χ0n) is 14.0. The first-order valence-electron chi connectivity index (χ1n) is 8.89. The number of nitrogens with one attached hydrogen (secondary N) is 1. The van der Waals surface area contributed by atoms with Crippen molar-refractivity contribution in [1.29, 1.82) is 0 Å². The van der Waals surface area contributed by atoms with E-state index < -0.39 is 5.41 Å². The second kappa shape index (κ2) is 5.32. The topological polar surface area (TPSA) is 29.1 Å². The number of carbonyl (C=O) groups excluding carboxylic acids is 1. The highest BCUT2D eigenvalue weighted by atomic mass is 16.2. The molecule has 122 valence electrons. The standard InChI is InChI=1S/C23H19NO/c25-22-23(17-9-3-1-4-10-17,18-11-5-2-6-12-18)20-15-14-16-8-7-13-19(16)21(20)24-22/h1-6,9-12,14-15H,7-8,13H2,(H,24,25). The van der Waals surface area contributed by atoms with Gasteiger partial charge in [0.05, 0.1) is 0 Å². The lowest BCUT2D eigenvalue weighted by Gasteiger charge is -2.29. The first kappa shape index (κ1) is 14.5. The van der Waals surface area contributed by atoms with Gasteiger partial charge in [-0.05, 0) is 41.5 Å². The van der Waals surface area contributed by atoms with E-state index in [0.717, 1.165) is 35.2 Å². The Bertz CT molecular complexity index is 921. The molecule has 3 aromatic rings. The summed E-state index contributed by atoms with van der Waals surface area (Å²) < 4.78 is 0. The maximum absolute atomic E-state index is 13.4. The summed E-state index contributed by atoms with van der Waals surface area (Å²) in [6, 6.07) is 24.7.